The SMILES string of the molecule is O=C(c1cccc(C2CCNCC2)c1F)N1CCCCC1. The van der Waals surface area contributed by atoms with Crippen molar-refractivity contribution >= 4 is 5.91 Å². The number of benzene rings is 1. The molecule has 1 amide bonds. The lowest BCUT2D eigenvalue weighted by atomic mass is 9.88. The normalized spacial score (nSPS) is 20.5. The highest BCUT2D eigenvalue weighted by Gasteiger charge is 2.25. The van der Waals surface area contributed by atoms with Gasteiger partial charge in [0.15, 0.2) is 0 Å². The van der Waals surface area contributed by atoms with Crippen LogP contribution < -0.4 is 5.32 Å². The molecule has 3 rings (SSSR count). The van der Waals surface area contributed by atoms with E-state index in [1.54, 1.807) is 11.0 Å². The summed E-state index contributed by atoms with van der Waals surface area (Å²) in [5.74, 6) is -0.191. The molecule has 3 nitrogen and oxygen atoms in total. The van der Waals surface area contributed by atoms with Gasteiger partial charge in [0.05, 0.1) is 5.56 Å². The van der Waals surface area contributed by atoms with Crippen molar-refractivity contribution in [2.45, 2.75) is 38.0 Å². The maximum atomic E-state index is 14.8. The van der Waals surface area contributed by atoms with Crippen molar-refractivity contribution in [1.29, 1.82) is 0 Å². The fourth-order valence-corrected chi connectivity index (χ4v) is 3.43. The number of amides is 1. The molecule has 2 fully saturated rings. The third-order valence-electron chi connectivity index (χ3n) is 4.68. The van der Waals surface area contributed by atoms with E-state index in [2.05, 4.69) is 5.32 Å². The van der Waals surface area contributed by atoms with E-state index in [1.165, 1.54) is 6.42 Å². The van der Waals surface area contributed by atoms with Crippen LogP contribution >= 0.6 is 0 Å². The van der Waals surface area contributed by atoms with Crippen LogP contribution in [0.15, 0.2) is 18.2 Å². The maximum absolute atomic E-state index is 14.8. The average molecular weight is 290 g/mol. The van der Waals surface area contributed by atoms with Gasteiger partial charge in [0.1, 0.15) is 5.82 Å². The third kappa shape index (κ3) is 3.10. The Bertz CT molecular complexity index is 506. The van der Waals surface area contributed by atoms with Crippen molar-refractivity contribution in [2.24, 2.45) is 0 Å². The monoisotopic (exact) mass is 290 g/mol. The molecule has 2 saturated heterocycles. The Morgan fingerprint density at radius 3 is 2.57 bits per heavy atom. The fourth-order valence-electron chi connectivity index (χ4n) is 3.43. The van der Waals surface area contributed by atoms with Crippen LogP contribution in [0.1, 0.15) is 53.9 Å². The van der Waals surface area contributed by atoms with Crippen molar-refractivity contribution in [3.05, 3.63) is 35.1 Å². The number of carbonyl (C=O) groups excluding carboxylic acids is 1. The number of hydrogen-bond acceptors (Lipinski definition) is 2. The summed E-state index contributed by atoms with van der Waals surface area (Å²) >= 11 is 0. The second-order valence-corrected chi connectivity index (χ2v) is 6.09. The number of nitrogens with zero attached hydrogens (tertiary/aromatic N) is 1. The minimum absolute atomic E-state index is 0.136. The molecule has 0 atom stereocenters. The molecule has 2 heterocycles. The summed E-state index contributed by atoms with van der Waals surface area (Å²) < 4.78 is 14.8. The van der Waals surface area contributed by atoms with Gasteiger partial charge in [-0.3, -0.25) is 4.79 Å². The van der Waals surface area contributed by atoms with Gasteiger partial charge in [-0.05, 0) is 62.7 Å². The predicted octanol–water partition coefficient (Wildman–Crippen LogP) is 2.92. The summed E-state index contributed by atoms with van der Waals surface area (Å²) in [7, 11) is 0. The first-order chi connectivity index (χ1) is 10.3. The van der Waals surface area contributed by atoms with Crippen molar-refractivity contribution in [2.75, 3.05) is 26.2 Å². The standard InChI is InChI=1S/C17H23FN2O/c18-16-14(13-7-9-19-10-8-13)5-4-6-15(16)17(21)20-11-2-1-3-12-20/h4-6,13,19H,1-3,7-12H2. The molecule has 4 heteroatoms. The summed E-state index contributed by atoms with van der Waals surface area (Å²) in [6, 6.07) is 5.31. The van der Waals surface area contributed by atoms with E-state index < -0.39 is 0 Å². The quantitative estimate of drug-likeness (QED) is 0.908. The number of halogens is 1. The summed E-state index contributed by atoms with van der Waals surface area (Å²) in [4.78, 5) is 14.3. The lowest BCUT2D eigenvalue weighted by Crippen LogP contribution is -2.36. The van der Waals surface area contributed by atoms with Crippen LogP contribution in [-0.4, -0.2) is 37.0 Å². The van der Waals surface area contributed by atoms with Crippen LogP contribution in [0.5, 0.6) is 0 Å². The minimum Gasteiger partial charge on any atom is -0.339 e. The second-order valence-electron chi connectivity index (χ2n) is 6.09. The van der Waals surface area contributed by atoms with E-state index in [0.717, 1.165) is 57.4 Å². The Hall–Kier alpha value is -1.42. The van der Waals surface area contributed by atoms with E-state index >= 15 is 0 Å². The van der Waals surface area contributed by atoms with Crippen LogP contribution in [-0.2, 0) is 0 Å². The van der Waals surface area contributed by atoms with Crippen LogP contribution in [0.3, 0.4) is 0 Å². The van der Waals surface area contributed by atoms with E-state index in [0.29, 0.717) is 0 Å². The van der Waals surface area contributed by atoms with Crippen LogP contribution in [0.2, 0.25) is 0 Å². The number of nitrogens with one attached hydrogen (secondary N) is 1. The first-order valence-corrected chi connectivity index (χ1v) is 8.06. The molecular weight excluding hydrogens is 267 g/mol. The first-order valence-electron chi connectivity index (χ1n) is 8.06. The van der Waals surface area contributed by atoms with Gasteiger partial charge in [0.25, 0.3) is 5.91 Å². The van der Waals surface area contributed by atoms with Gasteiger partial charge >= 0.3 is 0 Å². The Morgan fingerprint density at radius 1 is 1.14 bits per heavy atom. The predicted molar refractivity (Wildman–Crippen MR) is 81.0 cm³/mol. The minimum atomic E-state index is -0.292. The third-order valence-corrected chi connectivity index (χ3v) is 4.68. The molecule has 0 unspecified atom stereocenters. The number of rotatable bonds is 2. The van der Waals surface area contributed by atoms with E-state index in [4.69, 9.17) is 0 Å². The molecule has 2 aliphatic rings. The molecular formula is C17H23FN2O. The molecule has 0 radical (unpaired) electrons. The molecule has 0 spiro atoms. The second kappa shape index (κ2) is 6.56. The number of likely N-dealkylation sites (tertiary alicyclic amines) is 1. The molecule has 1 aromatic rings. The number of carbonyl (C=O) groups is 1. The Labute approximate surface area is 125 Å². The smallest absolute Gasteiger partial charge is 0.256 e. The summed E-state index contributed by atoms with van der Waals surface area (Å²) in [6.07, 6.45) is 5.11. The molecule has 0 bridgehead atoms. The van der Waals surface area contributed by atoms with Crippen LogP contribution in [0, 0.1) is 5.82 Å². The van der Waals surface area contributed by atoms with E-state index in [9.17, 15) is 9.18 Å². The molecule has 21 heavy (non-hydrogen) atoms. The highest BCUT2D eigenvalue weighted by molar-refractivity contribution is 5.94. The lowest BCUT2D eigenvalue weighted by Gasteiger charge is -2.28. The molecule has 114 valence electrons. The highest BCUT2D eigenvalue weighted by Crippen LogP contribution is 2.29. The van der Waals surface area contributed by atoms with E-state index in [-0.39, 0.29) is 23.2 Å². The van der Waals surface area contributed by atoms with Gasteiger partial charge < -0.3 is 10.2 Å². The summed E-state index contributed by atoms with van der Waals surface area (Å²) in [5.41, 5.74) is 0.979. The Balaban J connectivity index is 1.83. The van der Waals surface area contributed by atoms with Crippen molar-refractivity contribution in [3.63, 3.8) is 0 Å². The van der Waals surface area contributed by atoms with Crippen molar-refractivity contribution in [3.8, 4) is 0 Å². The molecule has 0 aromatic heterocycles. The highest BCUT2D eigenvalue weighted by atomic mass is 19.1. The van der Waals surface area contributed by atoms with E-state index in [1.807, 2.05) is 12.1 Å². The Kier molecular flexibility index (Phi) is 4.54. The van der Waals surface area contributed by atoms with Gasteiger partial charge in [-0.2, -0.15) is 0 Å². The number of piperidine rings is 2. The zero-order valence-corrected chi connectivity index (χ0v) is 12.4. The zero-order valence-electron chi connectivity index (χ0n) is 12.4. The molecule has 1 N–H and O–H groups in total. The largest absolute Gasteiger partial charge is 0.339 e. The number of hydrogen-bond donors (Lipinski definition) is 1. The maximum Gasteiger partial charge on any atom is 0.256 e. The fraction of sp³-hybridized carbons (Fsp3) is 0.588. The van der Waals surface area contributed by atoms with Gasteiger partial charge in [-0.25, -0.2) is 4.39 Å². The van der Waals surface area contributed by atoms with Gasteiger partial charge in [-0.1, -0.05) is 12.1 Å². The molecule has 2 aliphatic heterocycles. The topological polar surface area (TPSA) is 32.3 Å². The molecule has 1 aromatic carbocycles. The Morgan fingerprint density at radius 2 is 1.86 bits per heavy atom. The lowest BCUT2D eigenvalue weighted by molar-refractivity contribution is 0.0719. The molecule has 0 saturated carbocycles. The van der Waals surface area contributed by atoms with Crippen molar-refractivity contribution < 1.29 is 9.18 Å². The zero-order chi connectivity index (χ0) is 14.7. The van der Waals surface area contributed by atoms with Gasteiger partial charge in [-0.15, -0.1) is 0 Å². The average Bonchev–Trinajstić information content (AvgIpc) is 2.56. The summed E-state index contributed by atoms with van der Waals surface area (Å²) in [6.45, 7) is 3.37. The van der Waals surface area contributed by atoms with Gasteiger partial charge in [0, 0.05) is 13.1 Å². The van der Waals surface area contributed by atoms with Crippen LogP contribution in [0.4, 0.5) is 4.39 Å². The molecule has 0 aliphatic carbocycles. The van der Waals surface area contributed by atoms with Crippen LogP contribution in [0.25, 0.3) is 0 Å². The van der Waals surface area contributed by atoms with Gasteiger partial charge in [0.2, 0.25) is 0 Å². The first kappa shape index (κ1) is 14.5. The summed E-state index contributed by atoms with van der Waals surface area (Å²) in [5, 5.41) is 3.30. The van der Waals surface area contributed by atoms with Crippen molar-refractivity contribution in [1.82, 2.24) is 10.2 Å².